The molecule has 0 saturated carbocycles. The molecule has 0 saturated heterocycles. The molecule has 2 rings (SSSR count). The highest BCUT2D eigenvalue weighted by molar-refractivity contribution is 7.92. The second kappa shape index (κ2) is 7.11. The van der Waals surface area contributed by atoms with Crippen LogP contribution < -0.4 is 10.0 Å². The molecule has 1 amide bonds. The highest BCUT2D eigenvalue weighted by Crippen LogP contribution is 2.30. The number of hydrogen-bond donors (Lipinski definition) is 2. The molecule has 6 heteroatoms. The van der Waals surface area contributed by atoms with E-state index >= 15 is 0 Å². The average molecular weight is 375 g/mol. The molecule has 0 bridgehead atoms. The van der Waals surface area contributed by atoms with Gasteiger partial charge in [0.15, 0.2) is 0 Å². The summed E-state index contributed by atoms with van der Waals surface area (Å²) in [6, 6.07) is 10.4. The number of rotatable bonds is 4. The molecule has 0 aliphatic heterocycles. The minimum Gasteiger partial charge on any atom is -0.355 e. The van der Waals surface area contributed by atoms with Crippen LogP contribution in [0.4, 0.5) is 5.69 Å². The number of nitrogens with one attached hydrogen (secondary N) is 2. The summed E-state index contributed by atoms with van der Waals surface area (Å²) in [5.41, 5.74) is 2.90. The lowest BCUT2D eigenvalue weighted by molar-refractivity contribution is 0.0964. The van der Waals surface area contributed by atoms with Gasteiger partial charge in [-0.2, -0.15) is 0 Å². The summed E-state index contributed by atoms with van der Waals surface area (Å²) >= 11 is 0. The lowest BCUT2D eigenvalue weighted by Gasteiger charge is -2.22. The van der Waals surface area contributed by atoms with Gasteiger partial charge in [0.25, 0.3) is 15.9 Å². The van der Waals surface area contributed by atoms with Crippen LogP contribution in [0.25, 0.3) is 0 Å². The molecule has 0 spiro atoms. The Labute approximate surface area is 155 Å². The van der Waals surface area contributed by atoms with Gasteiger partial charge in [0.05, 0.1) is 16.1 Å². The molecule has 0 aromatic heterocycles. The molecular weight excluding hydrogens is 348 g/mol. The number of carbonyl (C=O) groups is 1. The minimum atomic E-state index is -3.83. The molecular formula is C20H26N2O3S. The zero-order valence-electron chi connectivity index (χ0n) is 16.1. The van der Waals surface area contributed by atoms with E-state index in [2.05, 4.69) is 30.8 Å². The Kier molecular flexibility index (Phi) is 5.47. The third-order valence-electron chi connectivity index (χ3n) is 4.24. The van der Waals surface area contributed by atoms with Gasteiger partial charge in [0, 0.05) is 7.05 Å². The van der Waals surface area contributed by atoms with Gasteiger partial charge in [-0.05, 0) is 48.1 Å². The maximum Gasteiger partial charge on any atom is 0.262 e. The van der Waals surface area contributed by atoms with Crippen LogP contribution in [-0.4, -0.2) is 21.4 Å². The summed E-state index contributed by atoms with van der Waals surface area (Å²) < 4.78 is 28.6. The Morgan fingerprint density at radius 3 is 2.04 bits per heavy atom. The number of aryl methyl sites for hydroxylation is 2. The number of benzene rings is 2. The molecule has 0 radical (unpaired) electrons. The predicted molar refractivity (Wildman–Crippen MR) is 105 cm³/mol. The average Bonchev–Trinajstić information content (AvgIpc) is 2.52. The van der Waals surface area contributed by atoms with Gasteiger partial charge >= 0.3 is 0 Å². The standard InChI is InChI=1S/C20H26N2O3S/c1-13-11-15(20(3,4)5)12-14(2)18(13)26(24,25)22-17-10-8-7-9-16(17)19(23)21-6/h7-12,22H,1-6H3,(H,21,23). The van der Waals surface area contributed by atoms with Crippen molar-refractivity contribution in [2.24, 2.45) is 0 Å². The monoisotopic (exact) mass is 374 g/mol. The van der Waals surface area contributed by atoms with Crippen LogP contribution in [0.1, 0.15) is 47.8 Å². The van der Waals surface area contributed by atoms with Crippen LogP contribution in [0.15, 0.2) is 41.3 Å². The van der Waals surface area contributed by atoms with E-state index in [1.807, 2.05) is 12.1 Å². The largest absolute Gasteiger partial charge is 0.355 e. The van der Waals surface area contributed by atoms with Crippen LogP contribution in [-0.2, 0) is 15.4 Å². The Balaban J connectivity index is 2.52. The Morgan fingerprint density at radius 2 is 1.54 bits per heavy atom. The number of para-hydroxylation sites is 1. The summed E-state index contributed by atoms with van der Waals surface area (Å²) in [4.78, 5) is 12.2. The molecule has 0 aliphatic carbocycles. The predicted octanol–water partition coefficient (Wildman–Crippen LogP) is 3.76. The van der Waals surface area contributed by atoms with E-state index in [1.165, 1.54) is 7.05 Å². The van der Waals surface area contributed by atoms with Gasteiger partial charge in [-0.15, -0.1) is 0 Å². The first-order valence-corrected chi connectivity index (χ1v) is 9.91. The Morgan fingerprint density at radius 1 is 1.00 bits per heavy atom. The van der Waals surface area contributed by atoms with E-state index in [1.54, 1.807) is 38.1 Å². The SMILES string of the molecule is CNC(=O)c1ccccc1NS(=O)(=O)c1c(C)cc(C(C)(C)C)cc1C. The smallest absolute Gasteiger partial charge is 0.262 e. The first-order chi connectivity index (χ1) is 12.0. The fraction of sp³-hybridized carbons (Fsp3) is 0.350. The number of sulfonamides is 1. The zero-order valence-corrected chi connectivity index (χ0v) is 16.9. The summed E-state index contributed by atoms with van der Waals surface area (Å²) in [6.45, 7) is 9.86. The van der Waals surface area contributed by atoms with Gasteiger partial charge in [-0.1, -0.05) is 45.0 Å². The summed E-state index contributed by atoms with van der Waals surface area (Å²) in [5.74, 6) is -0.347. The van der Waals surface area contributed by atoms with Crippen molar-refractivity contribution >= 4 is 21.6 Å². The van der Waals surface area contributed by atoms with E-state index in [-0.39, 0.29) is 27.5 Å². The van der Waals surface area contributed by atoms with Gasteiger partial charge in [-0.3, -0.25) is 9.52 Å². The van der Waals surface area contributed by atoms with E-state index in [9.17, 15) is 13.2 Å². The fourth-order valence-electron chi connectivity index (χ4n) is 2.91. The van der Waals surface area contributed by atoms with Crippen LogP contribution in [0.5, 0.6) is 0 Å². The molecule has 0 fully saturated rings. The lowest BCUT2D eigenvalue weighted by atomic mass is 9.85. The van der Waals surface area contributed by atoms with Crippen molar-refractivity contribution in [3.8, 4) is 0 Å². The number of amides is 1. The van der Waals surface area contributed by atoms with Crippen molar-refractivity contribution in [3.63, 3.8) is 0 Å². The second-order valence-electron chi connectivity index (χ2n) is 7.42. The molecule has 2 aromatic rings. The van der Waals surface area contributed by atoms with Crippen molar-refractivity contribution in [2.45, 2.75) is 44.9 Å². The Bertz CT molecular complexity index is 919. The summed E-state index contributed by atoms with van der Waals surface area (Å²) in [5, 5.41) is 2.52. The van der Waals surface area contributed by atoms with Crippen molar-refractivity contribution < 1.29 is 13.2 Å². The lowest BCUT2D eigenvalue weighted by Crippen LogP contribution is -2.22. The van der Waals surface area contributed by atoms with Gasteiger partial charge in [0.2, 0.25) is 0 Å². The van der Waals surface area contributed by atoms with Crippen LogP contribution >= 0.6 is 0 Å². The maximum absolute atomic E-state index is 13.0. The van der Waals surface area contributed by atoms with Crippen LogP contribution in [0.3, 0.4) is 0 Å². The molecule has 0 unspecified atom stereocenters. The molecule has 2 N–H and O–H groups in total. The molecule has 140 valence electrons. The molecule has 5 nitrogen and oxygen atoms in total. The number of hydrogen-bond acceptors (Lipinski definition) is 3. The molecule has 0 atom stereocenters. The topological polar surface area (TPSA) is 75.3 Å². The molecule has 26 heavy (non-hydrogen) atoms. The normalized spacial score (nSPS) is 11.9. The van der Waals surface area contributed by atoms with Gasteiger partial charge in [0.1, 0.15) is 0 Å². The van der Waals surface area contributed by atoms with Crippen LogP contribution in [0.2, 0.25) is 0 Å². The third-order valence-corrected chi connectivity index (χ3v) is 5.91. The maximum atomic E-state index is 13.0. The van der Waals surface area contributed by atoms with Crippen LogP contribution in [0, 0.1) is 13.8 Å². The zero-order chi connectivity index (χ0) is 19.7. The third kappa shape index (κ3) is 4.07. The first-order valence-electron chi connectivity index (χ1n) is 8.43. The molecule has 0 aliphatic rings. The van der Waals surface area contributed by atoms with E-state index in [4.69, 9.17) is 0 Å². The van der Waals surface area contributed by atoms with Gasteiger partial charge < -0.3 is 5.32 Å². The quantitative estimate of drug-likeness (QED) is 0.855. The van der Waals surface area contributed by atoms with Crippen molar-refractivity contribution in [1.29, 1.82) is 0 Å². The second-order valence-corrected chi connectivity index (χ2v) is 9.04. The van der Waals surface area contributed by atoms with E-state index < -0.39 is 10.0 Å². The fourth-order valence-corrected chi connectivity index (χ4v) is 4.44. The van der Waals surface area contributed by atoms with Crippen molar-refractivity contribution in [1.82, 2.24) is 5.32 Å². The van der Waals surface area contributed by atoms with E-state index in [0.717, 1.165) is 5.56 Å². The van der Waals surface area contributed by atoms with Crippen molar-refractivity contribution in [2.75, 3.05) is 11.8 Å². The van der Waals surface area contributed by atoms with E-state index in [0.29, 0.717) is 11.1 Å². The van der Waals surface area contributed by atoms with Crippen molar-refractivity contribution in [3.05, 3.63) is 58.7 Å². The van der Waals surface area contributed by atoms with Gasteiger partial charge in [-0.25, -0.2) is 8.42 Å². The summed E-state index contributed by atoms with van der Waals surface area (Å²) in [6.07, 6.45) is 0. The highest BCUT2D eigenvalue weighted by Gasteiger charge is 2.24. The highest BCUT2D eigenvalue weighted by atomic mass is 32.2. The summed E-state index contributed by atoms with van der Waals surface area (Å²) in [7, 11) is -2.32. The Hall–Kier alpha value is -2.34. The number of carbonyl (C=O) groups excluding carboxylic acids is 1. The molecule has 0 heterocycles. The minimum absolute atomic E-state index is 0.0724. The number of anilines is 1. The first kappa shape index (κ1) is 20.0. The molecule has 2 aromatic carbocycles.